The van der Waals surface area contributed by atoms with Gasteiger partial charge in [0.05, 0.1) is 0 Å². The monoisotopic (exact) mass is 235 g/mol. The van der Waals surface area contributed by atoms with E-state index in [4.69, 9.17) is 5.73 Å². The van der Waals surface area contributed by atoms with Crippen LogP contribution in [-0.4, -0.2) is 24.0 Å². The van der Waals surface area contributed by atoms with Crippen LogP contribution in [0.25, 0.3) is 0 Å². The van der Waals surface area contributed by atoms with Crippen LogP contribution in [0.1, 0.15) is 31.4 Å². The summed E-state index contributed by atoms with van der Waals surface area (Å²) in [5.74, 6) is 0.124. The van der Waals surface area contributed by atoms with Gasteiger partial charge in [0.1, 0.15) is 0 Å². The Hall–Kier alpha value is -1.29. The van der Waals surface area contributed by atoms with Crippen LogP contribution >= 0.6 is 0 Å². The minimum atomic E-state index is 0.124. The van der Waals surface area contributed by atoms with E-state index in [1.54, 1.807) is 0 Å². The van der Waals surface area contributed by atoms with Crippen molar-refractivity contribution in [1.82, 2.24) is 10.3 Å². The number of amides is 1. The minimum absolute atomic E-state index is 0.124. The van der Waals surface area contributed by atoms with Crippen molar-refractivity contribution in [2.75, 3.05) is 13.1 Å². The third-order valence-electron chi connectivity index (χ3n) is 3.79. The topological polar surface area (TPSA) is 70.9 Å². The summed E-state index contributed by atoms with van der Waals surface area (Å²) in [6, 6.07) is 3.95. The summed E-state index contributed by atoms with van der Waals surface area (Å²) >= 11 is 0. The lowest BCUT2D eigenvalue weighted by molar-refractivity contribution is -0.121. The van der Waals surface area contributed by atoms with Crippen LogP contribution in [0.2, 0.25) is 0 Å². The summed E-state index contributed by atoms with van der Waals surface area (Å²) < 4.78 is 0. The molecule has 1 aromatic heterocycles. The van der Waals surface area contributed by atoms with Gasteiger partial charge < -0.3 is 16.0 Å². The van der Waals surface area contributed by atoms with Gasteiger partial charge in [0, 0.05) is 24.9 Å². The predicted molar refractivity (Wildman–Crippen MR) is 67.5 cm³/mol. The molecule has 4 N–H and O–H groups in total. The Morgan fingerprint density at radius 1 is 1.53 bits per heavy atom. The maximum atomic E-state index is 11.7. The molecule has 1 fully saturated rings. The lowest BCUT2D eigenvalue weighted by Crippen LogP contribution is -2.46. The molecule has 0 radical (unpaired) electrons. The Labute approximate surface area is 102 Å². The fourth-order valence-corrected chi connectivity index (χ4v) is 2.28. The predicted octanol–water partition coefficient (Wildman–Crippen LogP) is 1.19. The van der Waals surface area contributed by atoms with E-state index in [2.05, 4.69) is 10.3 Å². The Morgan fingerprint density at radius 3 is 2.88 bits per heavy atom. The number of carbonyl (C=O) groups excluding carboxylic acids is 1. The molecular formula is C13H21N3O. The van der Waals surface area contributed by atoms with Crippen LogP contribution in [0.5, 0.6) is 0 Å². The number of hydrogen-bond donors (Lipinski definition) is 3. The van der Waals surface area contributed by atoms with Crippen LogP contribution in [0.15, 0.2) is 18.3 Å². The van der Waals surface area contributed by atoms with E-state index in [1.807, 2.05) is 18.3 Å². The van der Waals surface area contributed by atoms with Gasteiger partial charge in [-0.25, -0.2) is 0 Å². The molecule has 0 bridgehead atoms. The van der Waals surface area contributed by atoms with Gasteiger partial charge in [0.25, 0.3) is 0 Å². The Kier molecular flexibility index (Phi) is 3.84. The molecule has 0 aromatic carbocycles. The number of H-pyrrole nitrogens is 1. The maximum absolute atomic E-state index is 11.7. The highest BCUT2D eigenvalue weighted by molar-refractivity contribution is 5.76. The summed E-state index contributed by atoms with van der Waals surface area (Å²) in [7, 11) is 0. The standard InChI is InChI=1S/C13H21N3O/c14-9-13(6-2-7-13)10-16-12(17)5-4-11-3-1-8-15-11/h1,3,8,15H,2,4-7,9-10,14H2,(H,16,17). The molecule has 1 aliphatic rings. The molecule has 2 rings (SSSR count). The lowest BCUT2D eigenvalue weighted by atomic mass is 9.69. The van der Waals surface area contributed by atoms with Gasteiger partial charge in [0.15, 0.2) is 0 Å². The number of hydrogen-bond acceptors (Lipinski definition) is 2. The van der Waals surface area contributed by atoms with Crippen molar-refractivity contribution in [2.45, 2.75) is 32.1 Å². The van der Waals surface area contributed by atoms with Crippen LogP contribution in [0.3, 0.4) is 0 Å². The summed E-state index contributed by atoms with van der Waals surface area (Å²) in [6.45, 7) is 1.43. The fourth-order valence-electron chi connectivity index (χ4n) is 2.28. The molecule has 1 heterocycles. The zero-order valence-electron chi connectivity index (χ0n) is 10.2. The molecule has 0 unspecified atom stereocenters. The van der Waals surface area contributed by atoms with Gasteiger partial charge in [-0.1, -0.05) is 6.42 Å². The molecule has 4 heteroatoms. The normalized spacial score (nSPS) is 17.5. The molecule has 94 valence electrons. The third-order valence-corrected chi connectivity index (χ3v) is 3.79. The van der Waals surface area contributed by atoms with Crippen molar-refractivity contribution < 1.29 is 4.79 Å². The van der Waals surface area contributed by atoms with Gasteiger partial charge in [-0.2, -0.15) is 0 Å². The highest BCUT2D eigenvalue weighted by Gasteiger charge is 2.35. The van der Waals surface area contributed by atoms with Crippen molar-refractivity contribution in [3.8, 4) is 0 Å². The highest BCUT2D eigenvalue weighted by atomic mass is 16.1. The second-order valence-electron chi connectivity index (χ2n) is 5.03. The maximum Gasteiger partial charge on any atom is 0.220 e. The zero-order chi connectivity index (χ0) is 12.1. The average Bonchev–Trinajstić information content (AvgIpc) is 2.78. The summed E-state index contributed by atoms with van der Waals surface area (Å²) in [5, 5.41) is 3.01. The molecule has 0 aliphatic heterocycles. The Balaban J connectivity index is 1.67. The fraction of sp³-hybridized carbons (Fsp3) is 0.615. The van der Waals surface area contributed by atoms with Gasteiger partial charge >= 0.3 is 0 Å². The Morgan fingerprint density at radius 2 is 2.35 bits per heavy atom. The SMILES string of the molecule is NCC1(CNC(=O)CCc2ccc[nH]2)CCC1. The molecule has 0 atom stereocenters. The molecule has 1 saturated carbocycles. The van der Waals surface area contributed by atoms with Crippen molar-refractivity contribution in [2.24, 2.45) is 11.1 Å². The first-order chi connectivity index (χ1) is 8.24. The smallest absolute Gasteiger partial charge is 0.220 e. The van der Waals surface area contributed by atoms with Gasteiger partial charge in [-0.3, -0.25) is 4.79 Å². The minimum Gasteiger partial charge on any atom is -0.365 e. The number of rotatable bonds is 6. The van der Waals surface area contributed by atoms with Crippen LogP contribution in [0.4, 0.5) is 0 Å². The second kappa shape index (κ2) is 5.36. The first-order valence-corrected chi connectivity index (χ1v) is 6.33. The number of carbonyl (C=O) groups is 1. The lowest BCUT2D eigenvalue weighted by Gasteiger charge is -2.41. The molecule has 0 saturated heterocycles. The zero-order valence-corrected chi connectivity index (χ0v) is 10.2. The van der Waals surface area contributed by atoms with E-state index in [9.17, 15) is 4.79 Å². The second-order valence-corrected chi connectivity index (χ2v) is 5.03. The highest BCUT2D eigenvalue weighted by Crippen LogP contribution is 2.39. The molecule has 1 aromatic rings. The summed E-state index contributed by atoms with van der Waals surface area (Å²) in [4.78, 5) is 14.8. The van der Waals surface area contributed by atoms with Crippen molar-refractivity contribution >= 4 is 5.91 Å². The quantitative estimate of drug-likeness (QED) is 0.693. The largest absolute Gasteiger partial charge is 0.365 e. The summed E-state index contributed by atoms with van der Waals surface area (Å²) in [6.07, 6.45) is 6.75. The molecular weight excluding hydrogens is 214 g/mol. The first-order valence-electron chi connectivity index (χ1n) is 6.33. The van der Waals surface area contributed by atoms with E-state index in [-0.39, 0.29) is 11.3 Å². The number of nitrogens with two attached hydrogens (primary N) is 1. The van der Waals surface area contributed by atoms with Crippen molar-refractivity contribution in [1.29, 1.82) is 0 Å². The van der Waals surface area contributed by atoms with Crippen LogP contribution < -0.4 is 11.1 Å². The van der Waals surface area contributed by atoms with Crippen LogP contribution in [-0.2, 0) is 11.2 Å². The van der Waals surface area contributed by atoms with Gasteiger partial charge in [-0.05, 0) is 43.4 Å². The van der Waals surface area contributed by atoms with Gasteiger partial charge in [-0.15, -0.1) is 0 Å². The van der Waals surface area contributed by atoms with E-state index < -0.39 is 0 Å². The van der Waals surface area contributed by atoms with Crippen molar-refractivity contribution in [3.63, 3.8) is 0 Å². The van der Waals surface area contributed by atoms with E-state index in [0.29, 0.717) is 13.0 Å². The van der Waals surface area contributed by atoms with Gasteiger partial charge in [0.2, 0.25) is 5.91 Å². The summed E-state index contributed by atoms with van der Waals surface area (Å²) in [5.41, 5.74) is 7.06. The molecule has 0 spiro atoms. The number of nitrogens with one attached hydrogen (secondary N) is 2. The number of aryl methyl sites for hydroxylation is 1. The molecule has 1 amide bonds. The van der Waals surface area contributed by atoms with E-state index in [0.717, 1.165) is 31.5 Å². The third kappa shape index (κ3) is 3.09. The number of aromatic nitrogens is 1. The molecule has 4 nitrogen and oxygen atoms in total. The Bertz CT molecular complexity index is 349. The average molecular weight is 235 g/mol. The van der Waals surface area contributed by atoms with Crippen LogP contribution in [0, 0.1) is 5.41 Å². The van der Waals surface area contributed by atoms with Crippen molar-refractivity contribution in [3.05, 3.63) is 24.0 Å². The van der Waals surface area contributed by atoms with E-state index in [1.165, 1.54) is 6.42 Å². The van der Waals surface area contributed by atoms with E-state index >= 15 is 0 Å². The molecule has 1 aliphatic carbocycles. The number of aromatic amines is 1. The first kappa shape index (κ1) is 12.2. The molecule has 17 heavy (non-hydrogen) atoms.